The van der Waals surface area contributed by atoms with Gasteiger partial charge in [-0.05, 0) is 0 Å². The minimum absolute atomic E-state index is 0.175. The van der Waals surface area contributed by atoms with Crippen LogP contribution in [0.2, 0.25) is 0 Å². The molecule has 0 fully saturated rings. The van der Waals surface area contributed by atoms with Crippen molar-refractivity contribution in [2.75, 3.05) is 6.61 Å². The number of thiazole rings is 1. The first-order valence-electron chi connectivity index (χ1n) is 2.92. The van der Waals surface area contributed by atoms with Crippen LogP contribution in [0.3, 0.4) is 0 Å². The van der Waals surface area contributed by atoms with E-state index < -0.39 is 0 Å². The van der Waals surface area contributed by atoms with Crippen molar-refractivity contribution in [1.29, 1.82) is 0 Å². The summed E-state index contributed by atoms with van der Waals surface area (Å²) in [6, 6.07) is 0. The first-order chi connectivity index (χ1) is 5.34. The van der Waals surface area contributed by atoms with E-state index in [4.69, 9.17) is 11.6 Å². The quantitative estimate of drug-likeness (QED) is 0.536. The zero-order valence-corrected chi connectivity index (χ0v) is 7.14. The summed E-state index contributed by atoms with van der Waals surface area (Å²) >= 11 is 7.25. The molecular weight excluding hydrogens is 186 g/mol. The van der Waals surface area contributed by atoms with Gasteiger partial charge in [-0.1, -0.05) is 0 Å². The fraction of sp³-hybridized carbons (Fsp3) is 0.333. The Labute approximate surface area is 73.0 Å². The minimum Gasteiger partial charge on any atom is -0.466 e. The summed E-state index contributed by atoms with van der Waals surface area (Å²) in [5, 5.41) is 1.50. The molecule has 0 N–H and O–H groups in total. The molecule has 11 heavy (non-hydrogen) atoms. The average Bonchev–Trinajstić information content (AvgIpc) is 2.52. The molecule has 60 valence electrons. The topological polar surface area (TPSA) is 39.2 Å². The molecule has 0 aliphatic heterocycles. The predicted molar refractivity (Wildman–Crippen MR) is 42.7 cm³/mol. The van der Waals surface area contributed by atoms with E-state index in [0.717, 1.165) is 5.69 Å². The van der Waals surface area contributed by atoms with Crippen LogP contribution in [0.5, 0.6) is 0 Å². The van der Waals surface area contributed by atoms with E-state index in [0.29, 0.717) is 6.47 Å². The van der Waals surface area contributed by atoms with E-state index >= 15 is 0 Å². The molecule has 0 saturated carbocycles. The third kappa shape index (κ3) is 2.48. The van der Waals surface area contributed by atoms with Gasteiger partial charge >= 0.3 is 0 Å². The number of alkyl halides is 1. The van der Waals surface area contributed by atoms with Crippen LogP contribution in [0.25, 0.3) is 0 Å². The molecule has 0 aliphatic rings. The van der Waals surface area contributed by atoms with Crippen molar-refractivity contribution in [2.24, 2.45) is 0 Å². The molecule has 0 bridgehead atoms. The summed E-state index contributed by atoms with van der Waals surface area (Å²) < 4.78 is 4.47. The molecule has 0 radical (unpaired) electrons. The van der Waals surface area contributed by atoms with Gasteiger partial charge in [-0.3, -0.25) is 4.79 Å². The average molecular weight is 192 g/mol. The Balaban J connectivity index is 2.42. The Hall–Kier alpha value is -0.610. The maximum absolute atomic E-state index is 9.78. The summed E-state index contributed by atoms with van der Waals surface area (Å²) in [5.41, 5.74) is 2.43. The lowest BCUT2D eigenvalue weighted by atomic mass is 10.3. The van der Waals surface area contributed by atoms with E-state index in [1.54, 1.807) is 5.51 Å². The lowest BCUT2D eigenvalue weighted by Gasteiger charge is -2.02. The predicted octanol–water partition coefficient (Wildman–Crippen LogP) is 1.60. The summed E-state index contributed by atoms with van der Waals surface area (Å²) in [7, 11) is 0. The lowest BCUT2D eigenvalue weighted by Crippen LogP contribution is -2.00. The Bertz CT molecular complexity index is 214. The molecular formula is C6H6ClNO2S. The van der Waals surface area contributed by atoms with Crippen LogP contribution in [0, 0.1) is 0 Å². The van der Waals surface area contributed by atoms with Crippen LogP contribution < -0.4 is 0 Å². The van der Waals surface area contributed by atoms with Crippen molar-refractivity contribution in [1.82, 2.24) is 4.98 Å². The van der Waals surface area contributed by atoms with E-state index in [1.165, 1.54) is 11.3 Å². The number of nitrogens with zero attached hydrogens (tertiary/aromatic N) is 1. The van der Waals surface area contributed by atoms with Gasteiger partial charge in [0.15, 0.2) is 0 Å². The Morgan fingerprint density at radius 2 is 2.73 bits per heavy atom. The first-order valence-corrected chi connectivity index (χ1v) is 4.30. The van der Waals surface area contributed by atoms with Gasteiger partial charge in [-0.2, -0.15) is 0 Å². The molecule has 1 aromatic heterocycles. The van der Waals surface area contributed by atoms with Gasteiger partial charge in [0.2, 0.25) is 0 Å². The van der Waals surface area contributed by atoms with E-state index in [9.17, 15) is 4.79 Å². The van der Waals surface area contributed by atoms with Gasteiger partial charge < -0.3 is 4.74 Å². The smallest absolute Gasteiger partial charge is 0.293 e. The zero-order chi connectivity index (χ0) is 8.10. The maximum Gasteiger partial charge on any atom is 0.293 e. The Morgan fingerprint density at radius 1 is 1.91 bits per heavy atom. The van der Waals surface area contributed by atoms with Gasteiger partial charge in [0, 0.05) is 5.38 Å². The molecule has 0 aromatic carbocycles. The SMILES string of the molecule is O=COCC(Cl)c1cscn1. The highest BCUT2D eigenvalue weighted by Gasteiger charge is 2.09. The van der Waals surface area contributed by atoms with Crippen molar-refractivity contribution < 1.29 is 9.53 Å². The fourth-order valence-electron chi connectivity index (χ4n) is 0.586. The number of halogens is 1. The molecule has 3 nitrogen and oxygen atoms in total. The maximum atomic E-state index is 9.78. The third-order valence-electron chi connectivity index (χ3n) is 1.08. The van der Waals surface area contributed by atoms with Crippen molar-refractivity contribution in [2.45, 2.75) is 5.38 Å². The van der Waals surface area contributed by atoms with Crippen LogP contribution in [0.1, 0.15) is 11.1 Å². The molecule has 1 rings (SSSR count). The monoisotopic (exact) mass is 191 g/mol. The second kappa shape index (κ2) is 4.31. The van der Waals surface area contributed by atoms with Crippen LogP contribution >= 0.6 is 22.9 Å². The number of ether oxygens (including phenoxy) is 1. The Kier molecular flexibility index (Phi) is 3.32. The summed E-state index contributed by atoms with van der Waals surface area (Å²) in [4.78, 5) is 13.7. The molecule has 0 spiro atoms. The lowest BCUT2D eigenvalue weighted by molar-refractivity contribution is -0.128. The molecule has 1 atom stereocenters. The van der Waals surface area contributed by atoms with E-state index in [2.05, 4.69) is 9.72 Å². The van der Waals surface area contributed by atoms with Crippen LogP contribution in [0.15, 0.2) is 10.9 Å². The summed E-state index contributed by atoms with van der Waals surface area (Å²) in [6.45, 7) is 0.552. The van der Waals surface area contributed by atoms with Crippen molar-refractivity contribution in [3.8, 4) is 0 Å². The number of hydrogen-bond acceptors (Lipinski definition) is 4. The van der Waals surface area contributed by atoms with Gasteiger partial charge in [-0.15, -0.1) is 22.9 Å². The number of carbonyl (C=O) groups is 1. The Morgan fingerprint density at radius 3 is 3.27 bits per heavy atom. The number of hydrogen-bond donors (Lipinski definition) is 0. The second-order valence-electron chi connectivity index (χ2n) is 1.81. The van der Waals surface area contributed by atoms with Crippen molar-refractivity contribution in [3.05, 3.63) is 16.6 Å². The first kappa shape index (κ1) is 8.49. The highest BCUT2D eigenvalue weighted by molar-refractivity contribution is 7.07. The summed E-state index contributed by atoms with van der Waals surface area (Å²) in [6.07, 6.45) is 0. The number of aromatic nitrogens is 1. The molecule has 5 heteroatoms. The van der Waals surface area contributed by atoms with Gasteiger partial charge in [0.25, 0.3) is 6.47 Å². The highest BCUT2D eigenvalue weighted by atomic mass is 35.5. The molecule has 0 saturated heterocycles. The second-order valence-corrected chi connectivity index (χ2v) is 3.06. The van der Waals surface area contributed by atoms with Gasteiger partial charge in [-0.25, -0.2) is 4.98 Å². The molecule has 0 amide bonds. The van der Waals surface area contributed by atoms with Crippen molar-refractivity contribution in [3.63, 3.8) is 0 Å². The number of carbonyl (C=O) groups excluding carboxylic acids is 1. The minimum atomic E-state index is -0.327. The molecule has 1 unspecified atom stereocenters. The van der Waals surface area contributed by atoms with Crippen LogP contribution in [-0.2, 0) is 9.53 Å². The zero-order valence-electron chi connectivity index (χ0n) is 5.57. The van der Waals surface area contributed by atoms with Crippen molar-refractivity contribution >= 4 is 29.4 Å². The van der Waals surface area contributed by atoms with Gasteiger partial charge in [0.1, 0.15) is 12.0 Å². The summed E-state index contributed by atoms with van der Waals surface area (Å²) in [5.74, 6) is 0. The van der Waals surface area contributed by atoms with Crippen LogP contribution in [0.4, 0.5) is 0 Å². The van der Waals surface area contributed by atoms with Gasteiger partial charge in [0.05, 0.1) is 11.2 Å². The normalized spacial score (nSPS) is 12.5. The molecule has 1 aromatic rings. The number of rotatable bonds is 4. The van der Waals surface area contributed by atoms with E-state index in [-0.39, 0.29) is 12.0 Å². The molecule has 1 heterocycles. The largest absolute Gasteiger partial charge is 0.466 e. The highest BCUT2D eigenvalue weighted by Crippen LogP contribution is 2.19. The standard InChI is InChI=1S/C6H6ClNO2S/c7-5(1-10-4-9)6-2-11-3-8-6/h2-5H,1H2. The molecule has 0 aliphatic carbocycles. The third-order valence-corrected chi connectivity index (χ3v) is 2.04. The van der Waals surface area contributed by atoms with E-state index in [1.807, 2.05) is 5.38 Å². The fourth-order valence-corrected chi connectivity index (χ4v) is 1.46. The van der Waals surface area contributed by atoms with Crippen LogP contribution in [-0.4, -0.2) is 18.1 Å².